The van der Waals surface area contributed by atoms with Crippen LogP contribution in [0.15, 0.2) is 42.6 Å². The Morgan fingerprint density at radius 3 is 2.78 bits per heavy atom. The van der Waals surface area contributed by atoms with Crippen molar-refractivity contribution in [3.8, 4) is 5.75 Å². The molecule has 1 aromatic heterocycles. The van der Waals surface area contributed by atoms with Gasteiger partial charge in [-0.3, -0.25) is 4.98 Å². The minimum Gasteiger partial charge on any atom is -0.496 e. The van der Waals surface area contributed by atoms with Crippen molar-refractivity contribution in [3.05, 3.63) is 59.4 Å². The highest BCUT2D eigenvalue weighted by molar-refractivity contribution is 5.37. The molecule has 3 heteroatoms. The molecule has 1 aromatic carbocycles. The minimum absolute atomic E-state index is 0.502. The summed E-state index contributed by atoms with van der Waals surface area (Å²) in [5.74, 6) is 0.801. The normalized spacial score (nSPS) is 12.2. The van der Waals surface area contributed by atoms with E-state index in [4.69, 9.17) is 4.74 Å². The molecule has 0 fully saturated rings. The highest BCUT2D eigenvalue weighted by Gasteiger charge is 2.12. The van der Waals surface area contributed by atoms with Crippen LogP contribution in [0.5, 0.6) is 5.75 Å². The summed E-state index contributed by atoms with van der Waals surface area (Å²) in [6.45, 7) is 2.02. The number of aliphatic hydroxyl groups excluding tert-OH is 1. The predicted molar refractivity (Wildman–Crippen MR) is 70.6 cm³/mol. The number of ether oxygens (including phenoxy) is 1. The van der Waals surface area contributed by atoms with Crippen LogP contribution in [0.4, 0.5) is 0 Å². The van der Waals surface area contributed by atoms with Crippen molar-refractivity contribution in [2.24, 2.45) is 0 Å². The molecule has 18 heavy (non-hydrogen) atoms. The molecule has 0 radical (unpaired) electrons. The van der Waals surface area contributed by atoms with Crippen molar-refractivity contribution < 1.29 is 9.84 Å². The van der Waals surface area contributed by atoms with Gasteiger partial charge in [0.1, 0.15) is 11.9 Å². The van der Waals surface area contributed by atoms with Gasteiger partial charge in [0.15, 0.2) is 0 Å². The lowest BCUT2D eigenvalue weighted by Gasteiger charge is -2.13. The topological polar surface area (TPSA) is 42.4 Å². The Bertz CT molecular complexity index is 511. The van der Waals surface area contributed by atoms with Gasteiger partial charge in [0.05, 0.1) is 12.8 Å². The average Bonchev–Trinajstić information content (AvgIpc) is 2.40. The molecule has 3 nitrogen and oxygen atoms in total. The summed E-state index contributed by atoms with van der Waals surface area (Å²) in [6, 6.07) is 11.5. The van der Waals surface area contributed by atoms with Gasteiger partial charge in [0.2, 0.25) is 0 Å². The van der Waals surface area contributed by atoms with E-state index >= 15 is 0 Å². The second kappa shape index (κ2) is 5.65. The second-order valence-corrected chi connectivity index (χ2v) is 4.29. The zero-order valence-electron chi connectivity index (χ0n) is 10.6. The first-order valence-corrected chi connectivity index (χ1v) is 5.93. The minimum atomic E-state index is -0.609. The summed E-state index contributed by atoms with van der Waals surface area (Å²) < 4.78 is 5.31. The molecule has 0 aliphatic carbocycles. The van der Waals surface area contributed by atoms with Crippen LogP contribution >= 0.6 is 0 Å². The number of rotatable bonds is 4. The van der Waals surface area contributed by atoms with Crippen LogP contribution < -0.4 is 4.74 Å². The lowest BCUT2D eigenvalue weighted by molar-refractivity contribution is 0.172. The molecule has 1 heterocycles. The van der Waals surface area contributed by atoms with Gasteiger partial charge >= 0.3 is 0 Å². The Morgan fingerprint density at radius 2 is 2.11 bits per heavy atom. The van der Waals surface area contributed by atoms with E-state index in [1.807, 2.05) is 43.3 Å². The largest absolute Gasteiger partial charge is 0.496 e. The van der Waals surface area contributed by atoms with Crippen LogP contribution in [-0.4, -0.2) is 17.2 Å². The first-order chi connectivity index (χ1) is 8.70. The third-order valence-corrected chi connectivity index (χ3v) is 2.88. The zero-order valence-corrected chi connectivity index (χ0v) is 10.6. The Labute approximate surface area is 107 Å². The standard InChI is InChI=1S/C15H17NO2/c1-11-6-7-15(18-2)12(9-11)10-14(17)13-5-3-4-8-16-13/h3-9,14,17H,10H2,1-2H3. The van der Waals surface area contributed by atoms with Crippen molar-refractivity contribution in [1.82, 2.24) is 4.98 Å². The summed E-state index contributed by atoms with van der Waals surface area (Å²) >= 11 is 0. The zero-order chi connectivity index (χ0) is 13.0. The Balaban J connectivity index is 2.21. The molecule has 0 saturated heterocycles. The molecule has 1 unspecified atom stereocenters. The van der Waals surface area contributed by atoms with E-state index in [0.29, 0.717) is 12.1 Å². The summed E-state index contributed by atoms with van der Waals surface area (Å²) in [7, 11) is 1.64. The van der Waals surface area contributed by atoms with E-state index in [0.717, 1.165) is 16.9 Å². The van der Waals surface area contributed by atoms with Gasteiger partial charge in [-0.05, 0) is 30.7 Å². The summed E-state index contributed by atoms with van der Waals surface area (Å²) in [4.78, 5) is 4.16. The van der Waals surface area contributed by atoms with Crippen LogP contribution in [-0.2, 0) is 6.42 Å². The van der Waals surface area contributed by atoms with Gasteiger partial charge in [-0.25, -0.2) is 0 Å². The SMILES string of the molecule is COc1ccc(C)cc1CC(O)c1ccccn1. The van der Waals surface area contributed by atoms with Crippen molar-refractivity contribution in [3.63, 3.8) is 0 Å². The number of methoxy groups -OCH3 is 1. The van der Waals surface area contributed by atoms with Gasteiger partial charge in [-0.15, -0.1) is 0 Å². The van der Waals surface area contributed by atoms with Crippen molar-refractivity contribution in [2.45, 2.75) is 19.4 Å². The molecule has 2 rings (SSSR count). The lowest BCUT2D eigenvalue weighted by atomic mass is 10.0. The van der Waals surface area contributed by atoms with Crippen molar-refractivity contribution in [1.29, 1.82) is 0 Å². The Morgan fingerprint density at radius 1 is 1.28 bits per heavy atom. The molecule has 2 aromatic rings. The molecule has 0 bridgehead atoms. The van der Waals surface area contributed by atoms with Gasteiger partial charge in [0, 0.05) is 12.6 Å². The van der Waals surface area contributed by atoms with Gasteiger partial charge in [-0.1, -0.05) is 23.8 Å². The van der Waals surface area contributed by atoms with Crippen LogP contribution in [0.3, 0.4) is 0 Å². The molecule has 0 saturated carbocycles. The van der Waals surface area contributed by atoms with E-state index < -0.39 is 6.10 Å². The average molecular weight is 243 g/mol. The number of hydrogen-bond acceptors (Lipinski definition) is 3. The maximum Gasteiger partial charge on any atom is 0.122 e. The number of nitrogens with zero attached hydrogens (tertiary/aromatic N) is 1. The first kappa shape index (κ1) is 12.6. The number of aliphatic hydroxyl groups is 1. The Kier molecular flexibility index (Phi) is 3.95. The van der Waals surface area contributed by atoms with Crippen LogP contribution in [0.25, 0.3) is 0 Å². The molecule has 1 N–H and O–H groups in total. The van der Waals surface area contributed by atoms with Gasteiger partial charge < -0.3 is 9.84 Å². The second-order valence-electron chi connectivity index (χ2n) is 4.29. The monoisotopic (exact) mass is 243 g/mol. The van der Waals surface area contributed by atoms with Crippen molar-refractivity contribution in [2.75, 3.05) is 7.11 Å². The Hall–Kier alpha value is -1.87. The van der Waals surface area contributed by atoms with Crippen LogP contribution in [0, 0.1) is 6.92 Å². The molecular formula is C15H17NO2. The first-order valence-electron chi connectivity index (χ1n) is 5.93. The number of pyridine rings is 1. The number of aryl methyl sites for hydroxylation is 1. The van der Waals surface area contributed by atoms with E-state index in [9.17, 15) is 5.11 Å². The fraction of sp³-hybridized carbons (Fsp3) is 0.267. The lowest BCUT2D eigenvalue weighted by Crippen LogP contribution is -2.05. The smallest absolute Gasteiger partial charge is 0.122 e. The summed E-state index contributed by atoms with van der Waals surface area (Å²) in [6.07, 6.45) is 1.58. The van der Waals surface area contributed by atoms with E-state index in [1.165, 1.54) is 0 Å². The van der Waals surface area contributed by atoms with E-state index in [2.05, 4.69) is 4.98 Å². The van der Waals surface area contributed by atoms with Gasteiger partial charge in [-0.2, -0.15) is 0 Å². The molecule has 94 valence electrons. The number of hydrogen-bond donors (Lipinski definition) is 1. The van der Waals surface area contributed by atoms with Crippen LogP contribution in [0.2, 0.25) is 0 Å². The number of benzene rings is 1. The summed E-state index contributed by atoms with van der Waals surface area (Å²) in [5.41, 5.74) is 2.83. The van der Waals surface area contributed by atoms with E-state index in [-0.39, 0.29) is 0 Å². The fourth-order valence-electron chi connectivity index (χ4n) is 1.95. The number of aromatic nitrogens is 1. The van der Waals surface area contributed by atoms with E-state index in [1.54, 1.807) is 13.3 Å². The molecule has 0 amide bonds. The molecule has 0 spiro atoms. The molecule has 0 aliphatic rings. The maximum absolute atomic E-state index is 10.2. The summed E-state index contributed by atoms with van der Waals surface area (Å²) in [5, 5.41) is 10.2. The van der Waals surface area contributed by atoms with Gasteiger partial charge in [0.25, 0.3) is 0 Å². The maximum atomic E-state index is 10.2. The van der Waals surface area contributed by atoms with Crippen LogP contribution in [0.1, 0.15) is 22.9 Å². The molecule has 0 aliphatic heterocycles. The molecule has 1 atom stereocenters. The third-order valence-electron chi connectivity index (χ3n) is 2.88. The quantitative estimate of drug-likeness (QED) is 0.897. The fourth-order valence-corrected chi connectivity index (χ4v) is 1.95. The predicted octanol–water partition coefficient (Wildman–Crippen LogP) is 2.67. The highest BCUT2D eigenvalue weighted by atomic mass is 16.5. The highest BCUT2D eigenvalue weighted by Crippen LogP contribution is 2.25. The van der Waals surface area contributed by atoms with Crippen molar-refractivity contribution >= 4 is 0 Å². The third kappa shape index (κ3) is 2.87. The molecular weight excluding hydrogens is 226 g/mol.